The van der Waals surface area contributed by atoms with Gasteiger partial charge in [0.15, 0.2) is 0 Å². The molecule has 3 unspecified atom stereocenters. The van der Waals surface area contributed by atoms with Crippen LogP contribution in [0.1, 0.15) is 213 Å². The minimum atomic E-state index is -1.10. The van der Waals surface area contributed by atoms with Gasteiger partial charge >= 0.3 is 0 Å². The Bertz CT molecular complexity index is 764. The highest BCUT2D eigenvalue weighted by Crippen LogP contribution is 2.16. The highest BCUT2D eigenvalue weighted by molar-refractivity contribution is 5.80. The van der Waals surface area contributed by atoms with Gasteiger partial charge in [0.1, 0.15) is 6.10 Å². The van der Waals surface area contributed by atoms with E-state index in [0.717, 1.165) is 51.4 Å². The Hall–Kier alpha value is -1.43. The van der Waals surface area contributed by atoms with E-state index in [0.29, 0.717) is 6.42 Å². The average molecular weight is 690 g/mol. The summed E-state index contributed by atoms with van der Waals surface area (Å²) >= 11 is 0. The van der Waals surface area contributed by atoms with Crippen molar-refractivity contribution in [2.45, 2.75) is 231 Å². The molecule has 0 bridgehead atoms. The first-order chi connectivity index (χ1) is 24.1. The fraction of sp³-hybridized carbons (Fsp3) is 0.841. The molecule has 0 heterocycles. The van der Waals surface area contributed by atoms with Crippen molar-refractivity contribution in [1.29, 1.82) is 0 Å². The van der Waals surface area contributed by atoms with Gasteiger partial charge in [0.25, 0.3) is 0 Å². The second-order valence-electron chi connectivity index (χ2n) is 14.5. The monoisotopic (exact) mass is 690 g/mol. The third-order valence-corrected chi connectivity index (χ3v) is 9.69. The molecular formula is C44H83NO4. The van der Waals surface area contributed by atoms with Gasteiger partial charge < -0.3 is 20.6 Å². The van der Waals surface area contributed by atoms with E-state index in [4.69, 9.17) is 0 Å². The molecule has 0 aliphatic heterocycles. The van der Waals surface area contributed by atoms with Crippen molar-refractivity contribution in [3.05, 3.63) is 36.5 Å². The second kappa shape index (κ2) is 39.4. The maximum atomic E-state index is 12.4. The molecule has 1 amide bonds. The van der Waals surface area contributed by atoms with Gasteiger partial charge in [-0.25, -0.2) is 0 Å². The predicted octanol–water partition coefficient (Wildman–Crippen LogP) is 12.0. The molecule has 5 heteroatoms. The van der Waals surface area contributed by atoms with Crippen molar-refractivity contribution in [1.82, 2.24) is 5.32 Å². The van der Waals surface area contributed by atoms with Gasteiger partial charge in [-0.1, -0.05) is 211 Å². The zero-order valence-corrected chi connectivity index (χ0v) is 32.6. The number of rotatable bonds is 38. The molecule has 0 saturated carbocycles. The minimum absolute atomic E-state index is 0.380. The third kappa shape index (κ3) is 34.8. The number of carbonyl (C=O) groups is 1. The minimum Gasteiger partial charge on any atom is -0.394 e. The molecule has 0 aromatic rings. The number of allylic oxidation sites excluding steroid dienone is 5. The Morgan fingerprint density at radius 2 is 0.837 bits per heavy atom. The van der Waals surface area contributed by atoms with Crippen LogP contribution in [0.2, 0.25) is 0 Å². The van der Waals surface area contributed by atoms with Gasteiger partial charge in [-0.15, -0.1) is 0 Å². The van der Waals surface area contributed by atoms with Crippen LogP contribution in [-0.2, 0) is 4.79 Å². The van der Waals surface area contributed by atoms with Crippen molar-refractivity contribution in [3.63, 3.8) is 0 Å². The molecule has 4 N–H and O–H groups in total. The van der Waals surface area contributed by atoms with Crippen LogP contribution < -0.4 is 5.32 Å². The van der Waals surface area contributed by atoms with Crippen LogP contribution in [0.25, 0.3) is 0 Å². The molecule has 5 nitrogen and oxygen atoms in total. The highest BCUT2D eigenvalue weighted by atomic mass is 16.3. The Morgan fingerprint density at radius 3 is 1.20 bits per heavy atom. The number of hydrogen-bond acceptors (Lipinski definition) is 4. The number of carbonyl (C=O) groups excluding carboxylic acids is 1. The summed E-state index contributed by atoms with van der Waals surface area (Å²) < 4.78 is 0. The van der Waals surface area contributed by atoms with E-state index in [1.807, 2.05) is 6.08 Å². The molecule has 0 radical (unpaired) electrons. The molecule has 0 fully saturated rings. The maximum Gasteiger partial charge on any atom is 0.249 e. The largest absolute Gasteiger partial charge is 0.394 e. The summed E-state index contributed by atoms with van der Waals surface area (Å²) in [5.74, 6) is -0.517. The summed E-state index contributed by atoms with van der Waals surface area (Å²) in [4.78, 5) is 12.4. The second-order valence-corrected chi connectivity index (χ2v) is 14.5. The molecule has 49 heavy (non-hydrogen) atoms. The van der Waals surface area contributed by atoms with Crippen LogP contribution in [0.4, 0.5) is 0 Å². The average Bonchev–Trinajstić information content (AvgIpc) is 3.11. The number of hydrogen-bond donors (Lipinski definition) is 4. The summed E-state index contributed by atoms with van der Waals surface area (Å²) in [6.45, 7) is 4.09. The molecule has 0 aliphatic carbocycles. The normalized spacial score (nSPS) is 14.0. The van der Waals surface area contributed by atoms with Crippen LogP contribution in [-0.4, -0.2) is 46.1 Å². The van der Waals surface area contributed by atoms with E-state index in [9.17, 15) is 20.1 Å². The van der Waals surface area contributed by atoms with Crippen LogP contribution >= 0.6 is 0 Å². The van der Waals surface area contributed by atoms with Gasteiger partial charge in [-0.2, -0.15) is 0 Å². The van der Waals surface area contributed by atoms with Gasteiger partial charge in [-0.3, -0.25) is 4.79 Å². The van der Waals surface area contributed by atoms with Crippen LogP contribution in [0.15, 0.2) is 36.5 Å². The smallest absolute Gasteiger partial charge is 0.249 e. The van der Waals surface area contributed by atoms with E-state index in [1.54, 1.807) is 6.08 Å². The van der Waals surface area contributed by atoms with E-state index in [-0.39, 0.29) is 6.61 Å². The SMILES string of the molecule is CCC/C=C/CC/C=C/CC/C=C/C(O)C(CO)NC(=O)C(O)CCCCCCCCCCCCCCCCCCCCCCCCCC. The Labute approximate surface area is 304 Å². The number of aliphatic hydroxyl groups excluding tert-OH is 3. The Balaban J connectivity index is 3.60. The summed E-state index contributed by atoms with van der Waals surface area (Å²) in [6, 6.07) is -0.817. The molecule has 0 aliphatic rings. The van der Waals surface area contributed by atoms with Crippen LogP contribution in [0.5, 0.6) is 0 Å². The maximum absolute atomic E-state index is 12.4. The van der Waals surface area contributed by atoms with Crippen LogP contribution in [0.3, 0.4) is 0 Å². The third-order valence-electron chi connectivity index (χ3n) is 9.69. The molecule has 0 saturated heterocycles. The number of nitrogens with one attached hydrogen (secondary N) is 1. The van der Waals surface area contributed by atoms with E-state index < -0.39 is 24.2 Å². The van der Waals surface area contributed by atoms with E-state index >= 15 is 0 Å². The van der Waals surface area contributed by atoms with Gasteiger partial charge in [-0.05, 0) is 38.5 Å². The molecule has 0 aromatic heterocycles. The molecular weight excluding hydrogens is 606 g/mol. The van der Waals surface area contributed by atoms with Crippen molar-refractivity contribution in [2.75, 3.05) is 6.61 Å². The lowest BCUT2D eigenvalue weighted by Crippen LogP contribution is -2.48. The van der Waals surface area contributed by atoms with Crippen molar-refractivity contribution in [2.24, 2.45) is 0 Å². The van der Waals surface area contributed by atoms with Crippen molar-refractivity contribution >= 4 is 5.91 Å². The fourth-order valence-corrected chi connectivity index (χ4v) is 6.34. The first-order valence-electron chi connectivity index (χ1n) is 21.3. The molecule has 3 atom stereocenters. The van der Waals surface area contributed by atoms with E-state index in [2.05, 4.69) is 43.5 Å². The van der Waals surface area contributed by atoms with Gasteiger partial charge in [0.2, 0.25) is 5.91 Å². The number of aliphatic hydroxyl groups is 3. The van der Waals surface area contributed by atoms with Crippen molar-refractivity contribution < 1.29 is 20.1 Å². The molecule has 288 valence electrons. The van der Waals surface area contributed by atoms with E-state index in [1.165, 1.54) is 141 Å². The fourth-order valence-electron chi connectivity index (χ4n) is 6.34. The molecule has 0 spiro atoms. The van der Waals surface area contributed by atoms with Crippen molar-refractivity contribution in [3.8, 4) is 0 Å². The topological polar surface area (TPSA) is 89.8 Å². The first kappa shape index (κ1) is 47.6. The summed E-state index contributed by atoms with van der Waals surface area (Å²) in [5.41, 5.74) is 0. The molecule has 0 rings (SSSR count). The Kier molecular flexibility index (Phi) is 38.2. The predicted molar refractivity (Wildman–Crippen MR) is 213 cm³/mol. The number of unbranched alkanes of at least 4 members (excludes halogenated alkanes) is 26. The number of amides is 1. The lowest BCUT2D eigenvalue weighted by molar-refractivity contribution is -0.131. The molecule has 0 aromatic carbocycles. The standard InChI is InChI=1S/C44H83NO4/c1-3-5-7-9-11-13-15-16-17-18-19-20-21-22-23-24-25-26-27-29-31-33-35-37-39-43(48)44(49)45-41(40-46)42(47)38-36-34-32-30-28-14-12-10-8-6-4-2/h8,10,28,30,36,38,41-43,46-48H,3-7,9,11-27,29,31-35,37,39-40H2,1-2H3,(H,45,49)/b10-8+,30-28+,38-36+. The summed E-state index contributed by atoms with van der Waals surface area (Å²) in [7, 11) is 0. The van der Waals surface area contributed by atoms with Gasteiger partial charge in [0.05, 0.1) is 18.8 Å². The zero-order valence-electron chi connectivity index (χ0n) is 32.6. The van der Waals surface area contributed by atoms with Crippen LogP contribution in [0, 0.1) is 0 Å². The summed E-state index contributed by atoms with van der Waals surface area (Å²) in [6.07, 6.45) is 49.0. The van der Waals surface area contributed by atoms with Gasteiger partial charge in [0, 0.05) is 0 Å². The lowest BCUT2D eigenvalue weighted by atomic mass is 10.0. The Morgan fingerprint density at radius 1 is 0.490 bits per heavy atom. The summed E-state index contributed by atoms with van der Waals surface area (Å²) in [5, 5.41) is 33.0. The zero-order chi connectivity index (χ0) is 35.9. The first-order valence-corrected chi connectivity index (χ1v) is 21.3. The quantitative estimate of drug-likeness (QED) is 0.0384. The highest BCUT2D eigenvalue weighted by Gasteiger charge is 2.22. The lowest BCUT2D eigenvalue weighted by Gasteiger charge is -2.21.